The molecule has 0 N–H and O–H groups in total. The Hall–Kier alpha value is -0.440. The van der Waals surface area contributed by atoms with Gasteiger partial charge in [-0.25, -0.2) is 0 Å². The molecule has 1 aliphatic heterocycles. The number of rotatable bonds is 0. The molecule has 0 atom stereocenters. The molecule has 3 heteroatoms. The maximum atomic E-state index is 4.16. The third kappa shape index (κ3) is 1.18. The Labute approximate surface area is 72.4 Å². The first-order valence-electron chi connectivity index (χ1n) is 3.58. The van der Waals surface area contributed by atoms with Crippen LogP contribution in [0.15, 0.2) is 16.5 Å². The second kappa shape index (κ2) is 2.55. The molecular formula is C8H14N2S. The van der Waals surface area contributed by atoms with Crippen molar-refractivity contribution >= 4 is 16.9 Å². The SMILES string of the molecule is C=C1SC(=NC)N(C)C1(C)C. The van der Waals surface area contributed by atoms with Crippen molar-refractivity contribution in [3.8, 4) is 0 Å². The third-order valence-electron chi connectivity index (χ3n) is 2.21. The minimum Gasteiger partial charge on any atom is -0.345 e. The molecule has 0 aromatic heterocycles. The second-order valence-electron chi connectivity index (χ2n) is 3.15. The number of thioether (sulfide) groups is 1. The molecule has 1 fully saturated rings. The van der Waals surface area contributed by atoms with Crippen LogP contribution in [-0.4, -0.2) is 29.7 Å². The molecule has 0 aromatic rings. The van der Waals surface area contributed by atoms with Crippen molar-refractivity contribution in [3.05, 3.63) is 11.5 Å². The summed E-state index contributed by atoms with van der Waals surface area (Å²) in [4.78, 5) is 7.48. The Morgan fingerprint density at radius 3 is 2.27 bits per heavy atom. The molecule has 0 aliphatic carbocycles. The molecule has 0 saturated carbocycles. The Kier molecular flexibility index (Phi) is 2.01. The van der Waals surface area contributed by atoms with E-state index in [2.05, 4.69) is 30.3 Å². The fraction of sp³-hybridized carbons (Fsp3) is 0.625. The Morgan fingerprint density at radius 2 is 2.09 bits per heavy atom. The summed E-state index contributed by atoms with van der Waals surface area (Å²) in [6.07, 6.45) is 0. The van der Waals surface area contributed by atoms with E-state index >= 15 is 0 Å². The topological polar surface area (TPSA) is 15.6 Å². The van der Waals surface area contributed by atoms with Crippen molar-refractivity contribution in [2.24, 2.45) is 4.99 Å². The largest absolute Gasteiger partial charge is 0.345 e. The van der Waals surface area contributed by atoms with Crippen molar-refractivity contribution in [1.82, 2.24) is 4.90 Å². The molecule has 62 valence electrons. The van der Waals surface area contributed by atoms with Crippen LogP contribution < -0.4 is 0 Å². The summed E-state index contributed by atoms with van der Waals surface area (Å²) in [5.74, 6) is 0. The first kappa shape index (κ1) is 8.65. The molecule has 1 saturated heterocycles. The smallest absolute Gasteiger partial charge is 0.164 e. The summed E-state index contributed by atoms with van der Waals surface area (Å²) < 4.78 is 0. The zero-order valence-corrected chi connectivity index (χ0v) is 8.33. The first-order valence-corrected chi connectivity index (χ1v) is 4.39. The van der Waals surface area contributed by atoms with E-state index in [1.165, 1.54) is 4.91 Å². The van der Waals surface area contributed by atoms with Gasteiger partial charge in [0.15, 0.2) is 5.17 Å². The van der Waals surface area contributed by atoms with E-state index in [1.807, 2.05) is 14.1 Å². The van der Waals surface area contributed by atoms with Crippen LogP contribution in [0.25, 0.3) is 0 Å². The highest BCUT2D eigenvalue weighted by molar-refractivity contribution is 8.17. The van der Waals surface area contributed by atoms with Gasteiger partial charge in [-0.3, -0.25) is 4.99 Å². The van der Waals surface area contributed by atoms with Crippen LogP contribution >= 0.6 is 11.8 Å². The number of aliphatic imine (C=N–C) groups is 1. The van der Waals surface area contributed by atoms with Gasteiger partial charge in [-0.15, -0.1) is 0 Å². The highest BCUT2D eigenvalue weighted by Gasteiger charge is 2.37. The molecule has 0 unspecified atom stereocenters. The number of nitrogens with zero attached hydrogens (tertiary/aromatic N) is 2. The van der Waals surface area contributed by atoms with E-state index < -0.39 is 0 Å². The van der Waals surface area contributed by atoms with Crippen LogP contribution in [0.1, 0.15) is 13.8 Å². The van der Waals surface area contributed by atoms with E-state index in [0.717, 1.165) is 5.17 Å². The van der Waals surface area contributed by atoms with Crippen molar-refractivity contribution in [2.45, 2.75) is 19.4 Å². The minimum absolute atomic E-state index is 0.0551. The van der Waals surface area contributed by atoms with Crippen LogP contribution in [0, 0.1) is 0 Å². The number of hydrogen-bond acceptors (Lipinski definition) is 2. The molecule has 1 heterocycles. The maximum Gasteiger partial charge on any atom is 0.164 e. The molecule has 2 nitrogen and oxygen atoms in total. The fourth-order valence-corrected chi connectivity index (χ4v) is 1.99. The van der Waals surface area contributed by atoms with E-state index in [0.29, 0.717) is 0 Å². The summed E-state index contributed by atoms with van der Waals surface area (Å²) in [7, 11) is 3.86. The van der Waals surface area contributed by atoms with Gasteiger partial charge in [-0.05, 0) is 13.8 Å². The Balaban J connectivity index is 2.98. The van der Waals surface area contributed by atoms with Gasteiger partial charge in [0.05, 0.1) is 5.54 Å². The van der Waals surface area contributed by atoms with Crippen LogP contribution in [0.3, 0.4) is 0 Å². The lowest BCUT2D eigenvalue weighted by atomic mass is 10.1. The van der Waals surface area contributed by atoms with Gasteiger partial charge in [0.25, 0.3) is 0 Å². The molecule has 1 rings (SSSR count). The zero-order valence-electron chi connectivity index (χ0n) is 7.51. The molecule has 0 amide bonds. The average Bonchev–Trinajstić information content (AvgIpc) is 2.14. The van der Waals surface area contributed by atoms with Gasteiger partial charge in [-0.1, -0.05) is 18.3 Å². The van der Waals surface area contributed by atoms with Crippen LogP contribution in [0.5, 0.6) is 0 Å². The highest BCUT2D eigenvalue weighted by Crippen LogP contribution is 2.40. The molecule has 0 bridgehead atoms. The summed E-state index contributed by atoms with van der Waals surface area (Å²) >= 11 is 1.66. The van der Waals surface area contributed by atoms with Gasteiger partial charge >= 0.3 is 0 Å². The summed E-state index contributed by atoms with van der Waals surface area (Å²) in [6, 6.07) is 0. The van der Waals surface area contributed by atoms with Crippen molar-refractivity contribution in [1.29, 1.82) is 0 Å². The monoisotopic (exact) mass is 170 g/mol. The van der Waals surface area contributed by atoms with Crippen LogP contribution in [0.4, 0.5) is 0 Å². The fourth-order valence-electron chi connectivity index (χ4n) is 0.925. The van der Waals surface area contributed by atoms with Crippen molar-refractivity contribution in [3.63, 3.8) is 0 Å². The third-order valence-corrected chi connectivity index (χ3v) is 3.60. The number of amidine groups is 1. The van der Waals surface area contributed by atoms with E-state index in [1.54, 1.807) is 11.8 Å². The molecule has 0 spiro atoms. The van der Waals surface area contributed by atoms with Crippen molar-refractivity contribution in [2.75, 3.05) is 14.1 Å². The van der Waals surface area contributed by atoms with Gasteiger partial charge in [0.1, 0.15) is 0 Å². The lowest BCUT2D eigenvalue weighted by Crippen LogP contribution is -2.37. The predicted octanol–water partition coefficient (Wildman–Crippen LogP) is 1.94. The quantitative estimate of drug-likeness (QED) is 0.552. The van der Waals surface area contributed by atoms with Gasteiger partial charge in [0.2, 0.25) is 0 Å². The van der Waals surface area contributed by atoms with Crippen molar-refractivity contribution < 1.29 is 0 Å². The normalized spacial score (nSPS) is 26.7. The summed E-state index contributed by atoms with van der Waals surface area (Å²) in [5.41, 5.74) is 0.0551. The molecule has 0 aromatic carbocycles. The summed E-state index contributed by atoms with van der Waals surface area (Å²) in [5, 5.41) is 1.06. The van der Waals surface area contributed by atoms with Gasteiger partial charge < -0.3 is 4.90 Å². The number of hydrogen-bond donors (Lipinski definition) is 0. The standard InChI is InChI=1S/C8H14N2S/c1-6-8(2,3)10(5)7(9-4)11-6/h1H2,2-5H3. The lowest BCUT2D eigenvalue weighted by Gasteiger charge is -2.28. The van der Waals surface area contributed by atoms with E-state index in [9.17, 15) is 0 Å². The molecule has 0 radical (unpaired) electrons. The molecule has 11 heavy (non-hydrogen) atoms. The minimum atomic E-state index is 0.0551. The van der Waals surface area contributed by atoms with Crippen LogP contribution in [0.2, 0.25) is 0 Å². The molecular weight excluding hydrogens is 156 g/mol. The first-order chi connectivity index (χ1) is 5.00. The average molecular weight is 170 g/mol. The Morgan fingerprint density at radius 1 is 1.55 bits per heavy atom. The van der Waals surface area contributed by atoms with Gasteiger partial charge in [-0.2, -0.15) is 0 Å². The predicted molar refractivity (Wildman–Crippen MR) is 51.9 cm³/mol. The zero-order chi connectivity index (χ0) is 8.65. The maximum absolute atomic E-state index is 4.16. The van der Waals surface area contributed by atoms with E-state index in [-0.39, 0.29) is 5.54 Å². The lowest BCUT2D eigenvalue weighted by molar-refractivity contribution is 0.330. The summed E-state index contributed by atoms with van der Waals surface area (Å²) in [6.45, 7) is 8.30. The van der Waals surface area contributed by atoms with Gasteiger partial charge in [0, 0.05) is 19.0 Å². The van der Waals surface area contributed by atoms with Crippen LogP contribution in [-0.2, 0) is 0 Å². The Bertz CT molecular complexity index is 218. The van der Waals surface area contributed by atoms with E-state index in [4.69, 9.17) is 0 Å². The highest BCUT2D eigenvalue weighted by atomic mass is 32.2. The number of likely N-dealkylation sites (N-methyl/N-ethyl adjacent to an activating group) is 1. The second-order valence-corrected chi connectivity index (χ2v) is 4.21. The molecule has 1 aliphatic rings.